The quantitative estimate of drug-likeness (QED) is 0.533. The van der Waals surface area contributed by atoms with Gasteiger partial charge in [0.1, 0.15) is 0 Å². The van der Waals surface area contributed by atoms with Gasteiger partial charge in [0.15, 0.2) is 0 Å². The van der Waals surface area contributed by atoms with Gasteiger partial charge in [0.25, 0.3) is 0 Å². The van der Waals surface area contributed by atoms with Crippen molar-refractivity contribution in [2.24, 2.45) is 5.92 Å². The average molecular weight is 215 g/mol. The van der Waals surface area contributed by atoms with Gasteiger partial charge in [-0.1, -0.05) is 19.8 Å². The monoisotopic (exact) mass is 215 g/mol. The van der Waals surface area contributed by atoms with E-state index in [1.807, 2.05) is 4.90 Å². The molecule has 1 unspecified atom stereocenters. The number of hydrogen-bond donors (Lipinski definition) is 1. The zero-order chi connectivity index (χ0) is 10.4. The van der Waals surface area contributed by atoms with Crippen LogP contribution in [0.25, 0.3) is 0 Å². The molecule has 1 aliphatic rings. The summed E-state index contributed by atoms with van der Waals surface area (Å²) in [4.78, 5) is 13.4. The number of thiol groups is 1. The van der Waals surface area contributed by atoms with E-state index < -0.39 is 0 Å². The third-order valence-corrected chi connectivity index (χ3v) is 3.06. The molecule has 1 amide bonds. The van der Waals surface area contributed by atoms with Crippen LogP contribution in [0.4, 0.5) is 0 Å². The summed E-state index contributed by atoms with van der Waals surface area (Å²) in [5, 5.41) is 0. The molecule has 2 nitrogen and oxygen atoms in total. The van der Waals surface area contributed by atoms with Crippen molar-refractivity contribution in [2.45, 2.75) is 39.0 Å². The van der Waals surface area contributed by atoms with Gasteiger partial charge in [0.2, 0.25) is 5.91 Å². The Balaban J connectivity index is 2.04. The zero-order valence-corrected chi connectivity index (χ0v) is 9.93. The van der Waals surface area contributed by atoms with Crippen molar-refractivity contribution in [1.29, 1.82) is 0 Å². The predicted molar refractivity (Wildman–Crippen MR) is 62.7 cm³/mol. The number of carbonyl (C=O) groups excluding carboxylic acids is 1. The topological polar surface area (TPSA) is 20.3 Å². The molecular formula is C11H21NOS. The number of nitrogens with zero attached hydrogens (tertiary/aromatic N) is 1. The molecule has 0 radical (unpaired) electrons. The Hall–Kier alpha value is -0.180. The van der Waals surface area contributed by atoms with Gasteiger partial charge < -0.3 is 4.90 Å². The average Bonchev–Trinajstić information content (AvgIpc) is 2.45. The van der Waals surface area contributed by atoms with E-state index in [2.05, 4.69) is 19.6 Å². The molecule has 0 bridgehead atoms. The van der Waals surface area contributed by atoms with Crippen LogP contribution in [0, 0.1) is 5.92 Å². The second-order valence-electron chi connectivity index (χ2n) is 4.29. The van der Waals surface area contributed by atoms with Gasteiger partial charge in [0.05, 0.1) is 0 Å². The Morgan fingerprint density at radius 3 is 2.64 bits per heavy atom. The Bertz CT molecular complexity index is 184. The van der Waals surface area contributed by atoms with Crippen molar-refractivity contribution in [3.63, 3.8) is 0 Å². The summed E-state index contributed by atoms with van der Waals surface area (Å²) >= 11 is 4.17. The highest BCUT2D eigenvalue weighted by molar-refractivity contribution is 7.80. The molecule has 0 aromatic heterocycles. The number of hydrogen-bond acceptors (Lipinski definition) is 2. The van der Waals surface area contributed by atoms with Crippen LogP contribution in [0.3, 0.4) is 0 Å². The van der Waals surface area contributed by atoms with E-state index in [1.165, 1.54) is 19.3 Å². The van der Waals surface area contributed by atoms with E-state index in [0.29, 0.717) is 11.8 Å². The molecule has 0 saturated carbocycles. The molecule has 0 aliphatic carbocycles. The summed E-state index contributed by atoms with van der Waals surface area (Å²) in [6.45, 7) is 4.10. The van der Waals surface area contributed by atoms with E-state index in [1.54, 1.807) is 0 Å². The first-order valence-corrected chi connectivity index (χ1v) is 6.26. The van der Waals surface area contributed by atoms with Crippen LogP contribution in [0.2, 0.25) is 0 Å². The maximum Gasteiger partial charge on any atom is 0.222 e. The first-order valence-electron chi connectivity index (χ1n) is 5.62. The standard InChI is InChI=1S/C11H21NOS/c1-10-8-11(13)12(9-10)6-4-2-3-5-7-14/h10,14H,2-9H2,1H3. The summed E-state index contributed by atoms with van der Waals surface area (Å²) in [5.74, 6) is 1.91. The molecular weight excluding hydrogens is 194 g/mol. The van der Waals surface area contributed by atoms with Crippen LogP contribution in [-0.2, 0) is 4.79 Å². The molecule has 14 heavy (non-hydrogen) atoms. The molecule has 1 atom stereocenters. The number of unbranched alkanes of at least 4 members (excludes halogenated alkanes) is 3. The van der Waals surface area contributed by atoms with Crippen LogP contribution in [0.15, 0.2) is 0 Å². The highest BCUT2D eigenvalue weighted by Gasteiger charge is 2.25. The molecule has 0 aromatic carbocycles. The molecule has 82 valence electrons. The summed E-state index contributed by atoms with van der Waals surface area (Å²) in [7, 11) is 0. The Kier molecular flexibility index (Phi) is 5.38. The second-order valence-corrected chi connectivity index (χ2v) is 4.73. The molecule has 1 saturated heterocycles. The number of carbonyl (C=O) groups is 1. The largest absolute Gasteiger partial charge is 0.342 e. The van der Waals surface area contributed by atoms with E-state index >= 15 is 0 Å². The fourth-order valence-electron chi connectivity index (χ4n) is 1.95. The van der Waals surface area contributed by atoms with Gasteiger partial charge in [-0.15, -0.1) is 0 Å². The van der Waals surface area contributed by atoms with E-state index in [-0.39, 0.29) is 0 Å². The lowest BCUT2D eigenvalue weighted by Crippen LogP contribution is -2.26. The highest BCUT2D eigenvalue weighted by Crippen LogP contribution is 2.17. The maximum atomic E-state index is 11.4. The normalized spacial score (nSPS) is 22.0. The predicted octanol–water partition coefficient (Wildman–Crippen LogP) is 2.35. The first kappa shape index (κ1) is 11.9. The summed E-state index contributed by atoms with van der Waals surface area (Å²) in [6.07, 6.45) is 5.61. The van der Waals surface area contributed by atoms with Crippen molar-refractivity contribution in [2.75, 3.05) is 18.8 Å². The van der Waals surface area contributed by atoms with Crippen molar-refractivity contribution >= 4 is 18.5 Å². The summed E-state index contributed by atoms with van der Waals surface area (Å²) < 4.78 is 0. The Labute approximate surface area is 92.5 Å². The third-order valence-electron chi connectivity index (χ3n) is 2.74. The van der Waals surface area contributed by atoms with Crippen LogP contribution in [0.1, 0.15) is 39.0 Å². The number of likely N-dealkylation sites (tertiary alicyclic amines) is 1. The third kappa shape index (κ3) is 3.91. The molecule has 1 aliphatic heterocycles. The molecule has 0 N–H and O–H groups in total. The lowest BCUT2D eigenvalue weighted by atomic mass is 10.2. The Morgan fingerprint density at radius 1 is 1.36 bits per heavy atom. The maximum absolute atomic E-state index is 11.4. The lowest BCUT2D eigenvalue weighted by molar-refractivity contribution is -0.127. The van der Waals surface area contributed by atoms with Crippen LogP contribution in [0.5, 0.6) is 0 Å². The highest BCUT2D eigenvalue weighted by atomic mass is 32.1. The molecule has 1 heterocycles. The van der Waals surface area contributed by atoms with Crippen LogP contribution >= 0.6 is 12.6 Å². The van der Waals surface area contributed by atoms with E-state index in [9.17, 15) is 4.79 Å². The van der Waals surface area contributed by atoms with Crippen molar-refractivity contribution in [3.8, 4) is 0 Å². The minimum absolute atomic E-state index is 0.353. The Morgan fingerprint density at radius 2 is 2.07 bits per heavy atom. The van der Waals surface area contributed by atoms with Gasteiger partial charge in [0, 0.05) is 19.5 Å². The molecule has 3 heteroatoms. The van der Waals surface area contributed by atoms with Gasteiger partial charge >= 0.3 is 0 Å². The minimum Gasteiger partial charge on any atom is -0.342 e. The SMILES string of the molecule is CC1CC(=O)N(CCCCCCS)C1. The summed E-state index contributed by atoms with van der Waals surface area (Å²) in [6, 6.07) is 0. The van der Waals surface area contributed by atoms with Gasteiger partial charge in [-0.2, -0.15) is 12.6 Å². The summed E-state index contributed by atoms with van der Waals surface area (Å²) in [5.41, 5.74) is 0. The van der Waals surface area contributed by atoms with Crippen molar-refractivity contribution in [3.05, 3.63) is 0 Å². The fraction of sp³-hybridized carbons (Fsp3) is 0.909. The lowest BCUT2D eigenvalue weighted by Gasteiger charge is -2.15. The smallest absolute Gasteiger partial charge is 0.222 e. The molecule has 0 spiro atoms. The van der Waals surface area contributed by atoms with Gasteiger partial charge in [-0.25, -0.2) is 0 Å². The van der Waals surface area contributed by atoms with E-state index in [0.717, 1.165) is 31.7 Å². The molecule has 0 aromatic rings. The van der Waals surface area contributed by atoms with Crippen molar-refractivity contribution < 1.29 is 4.79 Å². The van der Waals surface area contributed by atoms with Crippen molar-refractivity contribution in [1.82, 2.24) is 4.90 Å². The minimum atomic E-state index is 0.353. The first-order chi connectivity index (χ1) is 6.74. The van der Waals surface area contributed by atoms with Crippen LogP contribution < -0.4 is 0 Å². The zero-order valence-electron chi connectivity index (χ0n) is 9.04. The molecule has 1 rings (SSSR count). The molecule has 1 fully saturated rings. The van der Waals surface area contributed by atoms with Gasteiger partial charge in [-0.3, -0.25) is 4.79 Å². The number of rotatable bonds is 6. The fourth-order valence-corrected chi connectivity index (χ4v) is 2.18. The van der Waals surface area contributed by atoms with E-state index in [4.69, 9.17) is 0 Å². The second kappa shape index (κ2) is 6.33. The van der Waals surface area contributed by atoms with Gasteiger partial charge in [-0.05, 0) is 24.5 Å². The van der Waals surface area contributed by atoms with Crippen LogP contribution in [-0.4, -0.2) is 29.6 Å². The number of amides is 1.